The highest BCUT2D eigenvalue weighted by Gasteiger charge is 2.22. The third kappa shape index (κ3) is 4.29. The van der Waals surface area contributed by atoms with Crippen LogP contribution in [0.1, 0.15) is 47.6 Å². The molecule has 0 atom stereocenters. The Morgan fingerprint density at radius 1 is 1.26 bits per heavy atom. The standard InChI is InChI=1S/C16H23N3O3S/c20-15(12-4-2-1-3-5-12)17-10-14-18-13(11-23-14)16(21)19-6-8-22-9-7-19/h11-12H,1-10H2,(H,17,20). The maximum absolute atomic E-state index is 12.3. The zero-order valence-corrected chi connectivity index (χ0v) is 14.1. The number of morpholine rings is 1. The van der Waals surface area contributed by atoms with Gasteiger partial charge in [-0.1, -0.05) is 19.3 Å². The number of ether oxygens (including phenoxy) is 1. The van der Waals surface area contributed by atoms with Gasteiger partial charge in [0.1, 0.15) is 10.7 Å². The smallest absolute Gasteiger partial charge is 0.273 e. The lowest BCUT2D eigenvalue weighted by Gasteiger charge is -2.25. The highest BCUT2D eigenvalue weighted by molar-refractivity contribution is 7.09. The Labute approximate surface area is 140 Å². The minimum absolute atomic E-state index is 0.0468. The predicted molar refractivity (Wildman–Crippen MR) is 87.3 cm³/mol. The van der Waals surface area contributed by atoms with E-state index in [1.807, 2.05) is 0 Å². The molecule has 1 aliphatic carbocycles. The molecule has 1 aliphatic heterocycles. The summed E-state index contributed by atoms with van der Waals surface area (Å²) in [5.74, 6) is 0.230. The van der Waals surface area contributed by atoms with E-state index in [2.05, 4.69) is 10.3 Å². The van der Waals surface area contributed by atoms with Crippen LogP contribution in [0, 0.1) is 5.92 Å². The van der Waals surface area contributed by atoms with Crippen LogP contribution < -0.4 is 5.32 Å². The van der Waals surface area contributed by atoms with Gasteiger partial charge in [0.15, 0.2) is 0 Å². The van der Waals surface area contributed by atoms with Crippen LogP contribution in [0.25, 0.3) is 0 Å². The fraction of sp³-hybridized carbons (Fsp3) is 0.688. The molecule has 0 bridgehead atoms. The van der Waals surface area contributed by atoms with Crippen molar-refractivity contribution in [3.8, 4) is 0 Å². The number of nitrogens with one attached hydrogen (secondary N) is 1. The van der Waals surface area contributed by atoms with Crippen molar-refractivity contribution in [3.63, 3.8) is 0 Å². The van der Waals surface area contributed by atoms with Crippen molar-refractivity contribution in [2.24, 2.45) is 5.92 Å². The van der Waals surface area contributed by atoms with Crippen molar-refractivity contribution in [3.05, 3.63) is 16.1 Å². The van der Waals surface area contributed by atoms with Gasteiger partial charge in [-0.2, -0.15) is 0 Å². The molecule has 126 valence electrons. The fourth-order valence-corrected chi connectivity index (χ4v) is 3.80. The molecule has 2 amide bonds. The summed E-state index contributed by atoms with van der Waals surface area (Å²) in [7, 11) is 0. The van der Waals surface area contributed by atoms with Crippen LogP contribution in [0.3, 0.4) is 0 Å². The molecule has 2 aliphatic rings. The van der Waals surface area contributed by atoms with Crippen LogP contribution in [-0.4, -0.2) is 48.0 Å². The van der Waals surface area contributed by atoms with Crippen LogP contribution in [0.15, 0.2) is 5.38 Å². The second-order valence-corrected chi connectivity index (χ2v) is 7.03. The SMILES string of the molecule is O=C(NCc1nc(C(=O)N2CCOCC2)cs1)C1CCCCC1. The Balaban J connectivity index is 1.50. The van der Waals surface area contributed by atoms with Crippen LogP contribution in [-0.2, 0) is 16.1 Å². The van der Waals surface area contributed by atoms with Gasteiger partial charge in [0.05, 0.1) is 19.8 Å². The summed E-state index contributed by atoms with van der Waals surface area (Å²) in [6.07, 6.45) is 5.51. The molecule has 0 unspecified atom stereocenters. The summed E-state index contributed by atoms with van der Waals surface area (Å²) in [5, 5.41) is 5.53. The highest BCUT2D eigenvalue weighted by atomic mass is 32.1. The van der Waals surface area contributed by atoms with E-state index in [4.69, 9.17) is 4.74 Å². The molecular weight excluding hydrogens is 314 g/mol. The van der Waals surface area contributed by atoms with E-state index in [1.54, 1.807) is 10.3 Å². The van der Waals surface area contributed by atoms with Crippen molar-refractivity contribution in [2.45, 2.75) is 38.6 Å². The van der Waals surface area contributed by atoms with Gasteiger partial charge >= 0.3 is 0 Å². The molecule has 2 heterocycles. The summed E-state index contributed by atoms with van der Waals surface area (Å²) in [6.45, 7) is 2.81. The van der Waals surface area contributed by atoms with Gasteiger partial charge in [-0.05, 0) is 12.8 Å². The Morgan fingerprint density at radius 3 is 2.74 bits per heavy atom. The van der Waals surface area contributed by atoms with E-state index < -0.39 is 0 Å². The van der Waals surface area contributed by atoms with Gasteiger partial charge in [-0.3, -0.25) is 9.59 Å². The molecule has 23 heavy (non-hydrogen) atoms. The molecule has 3 rings (SSSR count). The second kappa shape index (κ2) is 7.88. The van der Waals surface area contributed by atoms with Crippen molar-refractivity contribution >= 4 is 23.2 Å². The third-order valence-corrected chi connectivity index (χ3v) is 5.31. The molecule has 7 heteroatoms. The van der Waals surface area contributed by atoms with Gasteiger partial charge in [0.25, 0.3) is 5.91 Å². The molecule has 2 fully saturated rings. The lowest BCUT2D eigenvalue weighted by atomic mass is 9.89. The molecule has 0 radical (unpaired) electrons. The van der Waals surface area contributed by atoms with Crippen molar-refractivity contribution < 1.29 is 14.3 Å². The Bertz CT molecular complexity index is 549. The first kappa shape index (κ1) is 16.4. The van der Waals surface area contributed by atoms with Crippen LogP contribution in [0.2, 0.25) is 0 Å². The van der Waals surface area contributed by atoms with Crippen LogP contribution in [0.4, 0.5) is 0 Å². The number of hydrogen-bond acceptors (Lipinski definition) is 5. The summed E-state index contributed by atoms with van der Waals surface area (Å²) < 4.78 is 5.25. The van der Waals surface area contributed by atoms with E-state index in [-0.39, 0.29) is 17.7 Å². The maximum atomic E-state index is 12.3. The number of carbonyl (C=O) groups is 2. The number of thiazole rings is 1. The van der Waals surface area contributed by atoms with E-state index >= 15 is 0 Å². The van der Waals surface area contributed by atoms with Crippen molar-refractivity contribution in [1.29, 1.82) is 0 Å². The second-order valence-electron chi connectivity index (χ2n) is 6.08. The molecule has 1 saturated carbocycles. The number of amides is 2. The molecular formula is C16H23N3O3S. The van der Waals surface area contributed by atoms with Gasteiger partial charge < -0.3 is 15.0 Å². The molecule has 0 aromatic carbocycles. The quantitative estimate of drug-likeness (QED) is 0.909. The van der Waals surface area contributed by atoms with Crippen molar-refractivity contribution in [1.82, 2.24) is 15.2 Å². The van der Waals surface area contributed by atoms with Crippen molar-refractivity contribution in [2.75, 3.05) is 26.3 Å². The van der Waals surface area contributed by atoms with E-state index in [9.17, 15) is 9.59 Å². The zero-order chi connectivity index (χ0) is 16.1. The number of hydrogen-bond donors (Lipinski definition) is 1. The monoisotopic (exact) mass is 337 g/mol. The molecule has 1 aromatic heterocycles. The van der Waals surface area contributed by atoms with Crippen LogP contribution in [0.5, 0.6) is 0 Å². The Morgan fingerprint density at radius 2 is 2.00 bits per heavy atom. The van der Waals surface area contributed by atoms with E-state index in [1.165, 1.54) is 17.8 Å². The van der Waals surface area contributed by atoms with Crippen LogP contribution >= 0.6 is 11.3 Å². The lowest BCUT2D eigenvalue weighted by Crippen LogP contribution is -2.40. The molecule has 1 N–H and O–H groups in total. The first-order chi connectivity index (χ1) is 11.2. The Kier molecular flexibility index (Phi) is 5.61. The summed E-state index contributed by atoms with van der Waals surface area (Å²) in [6, 6.07) is 0. The highest BCUT2D eigenvalue weighted by Crippen LogP contribution is 2.23. The summed E-state index contributed by atoms with van der Waals surface area (Å²) in [4.78, 5) is 30.6. The Hall–Kier alpha value is -1.47. The van der Waals surface area contributed by atoms with Gasteiger partial charge in [0, 0.05) is 24.4 Å². The normalized spacial score (nSPS) is 19.6. The molecule has 1 aromatic rings. The fourth-order valence-electron chi connectivity index (χ4n) is 3.09. The summed E-state index contributed by atoms with van der Waals surface area (Å²) in [5.41, 5.74) is 0.471. The number of rotatable bonds is 4. The first-order valence-electron chi connectivity index (χ1n) is 8.33. The third-order valence-electron chi connectivity index (χ3n) is 4.46. The molecule has 6 nitrogen and oxygen atoms in total. The first-order valence-corrected chi connectivity index (χ1v) is 9.21. The molecule has 1 saturated heterocycles. The minimum atomic E-state index is -0.0468. The zero-order valence-electron chi connectivity index (χ0n) is 13.3. The minimum Gasteiger partial charge on any atom is -0.378 e. The van der Waals surface area contributed by atoms with E-state index in [0.717, 1.165) is 30.7 Å². The van der Waals surface area contributed by atoms with Gasteiger partial charge in [-0.15, -0.1) is 11.3 Å². The number of aromatic nitrogens is 1. The van der Waals surface area contributed by atoms with E-state index in [0.29, 0.717) is 38.5 Å². The molecule has 0 spiro atoms. The summed E-state index contributed by atoms with van der Waals surface area (Å²) >= 11 is 1.43. The predicted octanol–water partition coefficient (Wildman–Crippen LogP) is 1.81. The number of nitrogens with zero attached hydrogens (tertiary/aromatic N) is 2. The average molecular weight is 337 g/mol. The average Bonchev–Trinajstić information content (AvgIpc) is 3.09. The number of carbonyl (C=O) groups excluding carboxylic acids is 2. The largest absolute Gasteiger partial charge is 0.378 e. The lowest BCUT2D eigenvalue weighted by molar-refractivity contribution is -0.126. The van der Waals surface area contributed by atoms with Gasteiger partial charge in [0.2, 0.25) is 5.91 Å². The maximum Gasteiger partial charge on any atom is 0.273 e. The van der Waals surface area contributed by atoms with Gasteiger partial charge in [-0.25, -0.2) is 4.98 Å². The topological polar surface area (TPSA) is 71.5 Å².